The van der Waals surface area contributed by atoms with Crippen molar-refractivity contribution in [2.45, 2.75) is 12.5 Å². The third-order valence-electron chi connectivity index (χ3n) is 4.55. The molecule has 0 aliphatic carbocycles. The second kappa shape index (κ2) is 4.73. The number of ether oxygens (including phenoxy) is 2. The Bertz CT molecular complexity index is 817. The van der Waals surface area contributed by atoms with Gasteiger partial charge < -0.3 is 19.5 Å². The van der Waals surface area contributed by atoms with Crippen molar-refractivity contribution in [3.05, 3.63) is 53.1 Å². The lowest BCUT2D eigenvalue weighted by molar-refractivity contribution is -0.131. The number of likely N-dealkylation sites (N-methyl/N-ethyl adjacent to an activating group) is 1. The number of para-hydroxylation sites is 1. The molecule has 2 aromatic carbocycles. The smallest absolute Gasteiger partial charge is 0.268 e. The quantitative estimate of drug-likeness (QED) is 0.875. The van der Waals surface area contributed by atoms with Gasteiger partial charge in [0.2, 0.25) is 0 Å². The number of carbonyl (C=O) groups excluding carboxylic acids is 1. The molecule has 2 heterocycles. The van der Waals surface area contributed by atoms with Crippen molar-refractivity contribution in [3.63, 3.8) is 0 Å². The van der Waals surface area contributed by atoms with Gasteiger partial charge in [-0.25, -0.2) is 0 Å². The average Bonchev–Trinajstić information content (AvgIpc) is 2.77. The fourth-order valence-corrected chi connectivity index (χ4v) is 3.38. The van der Waals surface area contributed by atoms with E-state index < -0.39 is 5.60 Å². The molecular weight excluding hydrogens is 294 g/mol. The predicted molar refractivity (Wildman–Crippen MR) is 85.0 cm³/mol. The Morgan fingerprint density at radius 2 is 1.74 bits per heavy atom. The Labute approximate surface area is 134 Å². The number of aryl methyl sites for hydroxylation is 1. The highest BCUT2D eigenvalue weighted by molar-refractivity contribution is 6.08. The molecule has 0 saturated carbocycles. The third-order valence-corrected chi connectivity index (χ3v) is 4.55. The zero-order chi connectivity index (χ0) is 16.2. The number of fused-ring (bicyclic) bond motifs is 2. The Hall–Kier alpha value is -2.53. The van der Waals surface area contributed by atoms with Gasteiger partial charge in [-0.05, 0) is 30.7 Å². The summed E-state index contributed by atoms with van der Waals surface area (Å²) in [6, 6.07) is 10.8. The second-order valence-electron chi connectivity index (χ2n) is 5.90. The first-order chi connectivity index (χ1) is 11.0. The lowest BCUT2D eigenvalue weighted by Crippen LogP contribution is -2.40. The van der Waals surface area contributed by atoms with Crippen LogP contribution in [0.2, 0.25) is 0 Å². The highest BCUT2D eigenvalue weighted by Crippen LogP contribution is 2.47. The maximum Gasteiger partial charge on any atom is 0.268 e. The van der Waals surface area contributed by atoms with Crippen molar-refractivity contribution in [1.82, 2.24) is 0 Å². The summed E-state index contributed by atoms with van der Waals surface area (Å²) in [4.78, 5) is 14.3. The Morgan fingerprint density at radius 1 is 1.09 bits per heavy atom. The van der Waals surface area contributed by atoms with Gasteiger partial charge in [0.25, 0.3) is 5.91 Å². The van der Waals surface area contributed by atoms with Gasteiger partial charge in [0.15, 0.2) is 17.1 Å². The number of rotatable bonds is 1. The van der Waals surface area contributed by atoms with Crippen LogP contribution in [0.5, 0.6) is 11.5 Å². The molecule has 0 saturated heterocycles. The van der Waals surface area contributed by atoms with E-state index in [1.54, 1.807) is 19.2 Å². The highest BCUT2D eigenvalue weighted by atomic mass is 16.6. The van der Waals surface area contributed by atoms with Crippen molar-refractivity contribution >= 4 is 11.6 Å². The fraction of sp³-hybridized carbons (Fsp3) is 0.278. The van der Waals surface area contributed by atoms with Crippen molar-refractivity contribution < 1.29 is 19.4 Å². The number of benzene rings is 2. The van der Waals surface area contributed by atoms with Crippen LogP contribution in [-0.4, -0.2) is 31.3 Å². The number of amides is 1. The first-order valence-electron chi connectivity index (χ1n) is 7.54. The lowest BCUT2D eigenvalue weighted by Gasteiger charge is -2.27. The fourth-order valence-electron chi connectivity index (χ4n) is 3.38. The van der Waals surface area contributed by atoms with Gasteiger partial charge in [-0.2, -0.15) is 0 Å². The third kappa shape index (κ3) is 1.80. The zero-order valence-electron chi connectivity index (χ0n) is 13.0. The number of anilines is 1. The van der Waals surface area contributed by atoms with Crippen molar-refractivity contribution in [3.8, 4) is 11.5 Å². The van der Waals surface area contributed by atoms with E-state index in [1.807, 2.05) is 31.2 Å². The van der Waals surface area contributed by atoms with E-state index in [0.29, 0.717) is 41.5 Å². The molecule has 0 bridgehead atoms. The summed E-state index contributed by atoms with van der Waals surface area (Å²) in [7, 11) is 1.67. The minimum atomic E-state index is -1.70. The molecule has 2 aliphatic heterocycles. The summed E-state index contributed by atoms with van der Waals surface area (Å²) in [6.07, 6.45) is 0. The minimum Gasteiger partial charge on any atom is -0.486 e. The first kappa shape index (κ1) is 14.1. The topological polar surface area (TPSA) is 59.0 Å². The number of carbonyl (C=O) groups is 1. The van der Waals surface area contributed by atoms with Crippen LogP contribution < -0.4 is 14.4 Å². The molecule has 2 aliphatic rings. The van der Waals surface area contributed by atoms with E-state index in [-0.39, 0.29) is 5.91 Å². The molecule has 0 radical (unpaired) electrons. The van der Waals surface area contributed by atoms with Gasteiger partial charge in [-0.3, -0.25) is 4.79 Å². The highest BCUT2D eigenvalue weighted by Gasteiger charge is 2.50. The summed E-state index contributed by atoms with van der Waals surface area (Å²) < 4.78 is 11.2. The van der Waals surface area contributed by atoms with E-state index in [2.05, 4.69) is 0 Å². The SMILES string of the molecule is Cc1cc2c(cc1C1(O)C(=O)N(C)c3ccccc31)OCCO2. The normalized spacial score (nSPS) is 22.2. The van der Waals surface area contributed by atoms with Crippen molar-refractivity contribution in [1.29, 1.82) is 0 Å². The Kier molecular flexibility index (Phi) is 2.90. The van der Waals surface area contributed by atoms with Crippen LogP contribution in [0.4, 0.5) is 5.69 Å². The zero-order valence-corrected chi connectivity index (χ0v) is 13.0. The molecule has 5 nitrogen and oxygen atoms in total. The van der Waals surface area contributed by atoms with Gasteiger partial charge in [0, 0.05) is 18.2 Å². The second-order valence-corrected chi connectivity index (χ2v) is 5.90. The summed E-state index contributed by atoms with van der Waals surface area (Å²) in [5, 5.41) is 11.3. The molecule has 0 spiro atoms. The number of aliphatic hydroxyl groups is 1. The monoisotopic (exact) mass is 311 g/mol. The first-order valence-corrected chi connectivity index (χ1v) is 7.54. The van der Waals surface area contributed by atoms with Crippen LogP contribution in [0.25, 0.3) is 0 Å². The summed E-state index contributed by atoms with van der Waals surface area (Å²) >= 11 is 0. The molecule has 2 aromatic rings. The summed E-state index contributed by atoms with van der Waals surface area (Å²) in [6.45, 7) is 2.82. The standard InChI is InChI=1S/C18H17NO4/c1-11-9-15-16(23-8-7-22-15)10-13(11)18(21)12-5-3-4-6-14(12)19(2)17(18)20/h3-6,9-10,21H,7-8H2,1-2H3. The molecule has 1 amide bonds. The molecule has 5 heteroatoms. The largest absolute Gasteiger partial charge is 0.486 e. The van der Waals surface area contributed by atoms with E-state index in [0.717, 1.165) is 5.56 Å². The van der Waals surface area contributed by atoms with Gasteiger partial charge in [0.05, 0.1) is 5.69 Å². The lowest BCUT2D eigenvalue weighted by atomic mass is 9.84. The molecule has 1 N–H and O–H groups in total. The summed E-state index contributed by atoms with van der Waals surface area (Å²) in [5.41, 5.74) is 0.922. The van der Waals surface area contributed by atoms with Crippen LogP contribution in [0.1, 0.15) is 16.7 Å². The van der Waals surface area contributed by atoms with E-state index in [4.69, 9.17) is 9.47 Å². The van der Waals surface area contributed by atoms with Crippen molar-refractivity contribution in [2.75, 3.05) is 25.2 Å². The van der Waals surface area contributed by atoms with Crippen LogP contribution in [0.15, 0.2) is 36.4 Å². The Balaban J connectivity index is 1.95. The molecule has 0 aromatic heterocycles. The molecule has 1 unspecified atom stereocenters. The van der Waals surface area contributed by atoms with Crippen molar-refractivity contribution in [2.24, 2.45) is 0 Å². The van der Waals surface area contributed by atoms with E-state index in [1.165, 1.54) is 4.90 Å². The molecule has 4 rings (SSSR count). The molecule has 0 fully saturated rings. The number of nitrogens with zero attached hydrogens (tertiary/aromatic N) is 1. The minimum absolute atomic E-state index is 0.363. The van der Waals surface area contributed by atoms with Gasteiger partial charge >= 0.3 is 0 Å². The molecule has 118 valence electrons. The van der Waals surface area contributed by atoms with E-state index >= 15 is 0 Å². The molecule has 23 heavy (non-hydrogen) atoms. The van der Waals surface area contributed by atoms with Gasteiger partial charge in [0.1, 0.15) is 13.2 Å². The van der Waals surface area contributed by atoms with Crippen LogP contribution in [0, 0.1) is 6.92 Å². The molecular formula is C18H17NO4. The molecule has 1 atom stereocenters. The van der Waals surface area contributed by atoms with Crippen LogP contribution in [0.3, 0.4) is 0 Å². The van der Waals surface area contributed by atoms with Crippen LogP contribution in [-0.2, 0) is 10.4 Å². The van der Waals surface area contributed by atoms with E-state index in [9.17, 15) is 9.90 Å². The van der Waals surface area contributed by atoms with Gasteiger partial charge in [-0.15, -0.1) is 0 Å². The maximum atomic E-state index is 12.8. The van der Waals surface area contributed by atoms with Crippen LogP contribution >= 0.6 is 0 Å². The predicted octanol–water partition coefficient (Wildman–Crippen LogP) is 1.98. The number of hydrogen-bond donors (Lipinski definition) is 1. The Morgan fingerprint density at radius 3 is 2.48 bits per heavy atom. The number of hydrogen-bond acceptors (Lipinski definition) is 4. The van der Waals surface area contributed by atoms with Gasteiger partial charge in [-0.1, -0.05) is 18.2 Å². The average molecular weight is 311 g/mol. The summed E-state index contributed by atoms with van der Waals surface area (Å²) in [5.74, 6) is 0.844. The maximum absolute atomic E-state index is 12.8.